The highest BCUT2D eigenvalue weighted by atomic mass is 16.6. The fourth-order valence-corrected chi connectivity index (χ4v) is 4.13. The maximum atomic E-state index is 13.2. The number of aromatic amines is 1. The molecule has 0 saturated heterocycles. The second-order valence-electron chi connectivity index (χ2n) is 9.07. The molecule has 0 fully saturated rings. The summed E-state index contributed by atoms with van der Waals surface area (Å²) in [6, 6.07) is 6.98. The van der Waals surface area contributed by atoms with Crippen LogP contribution in [-0.2, 0) is 25.6 Å². The van der Waals surface area contributed by atoms with E-state index in [1.165, 1.54) is 14.0 Å². The van der Waals surface area contributed by atoms with E-state index in [9.17, 15) is 19.8 Å². The van der Waals surface area contributed by atoms with Crippen LogP contribution in [-0.4, -0.2) is 88.8 Å². The number of rotatable bonds is 14. The Morgan fingerprint density at radius 2 is 1.81 bits per heavy atom. The monoisotopic (exact) mass is 504 g/mol. The number of hydrogen-bond donors (Lipinski definition) is 4. The Labute approximate surface area is 212 Å². The van der Waals surface area contributed by atoms with E-state index in [2.05, 4.69) is 15.5 Å². The summed E-state index contributed by atoms with van der Waals surface area (Å²) in [5, 5.41) is 27.9. The third-order valence-electron chi connectivity index (χ3n) is 6.08. The maximum absolute atomic E-state index is 13.2. The summed E-state index contributed by atoms with van der Waals surface area (Å²) in [5.74, 6) is -0.785. The first kappa shape index (κ1) is 29.3. The number of aliphatic hydroxyl groups excluding tert-OH is 2. The highest BCUT2D eigenvalue weighted by Crippen LogP contribution is 2.20. The Morgan fingerprint density at radius 1 is 1.14 bits per heavy atom. The molecule has 0 aliphatic heterocycles. The van der Waals surface area contributed by atoms with Crippen molar-refractivity contribution in [3.63, 3.8) is 0 Å². The lowest BCUT2D eigenvalue weighted by Gasteiger charge is -2.26. The second kappa shape index (κ2) is 14.0. The molecule has 2 aromatic rings. The van der Waals surface area contributed by atoms with Crippen LogP contribution in [0.3, 0.4) is 0 Å². The van der Waals surface area contributed by atoms with Crippen LogP contribution in [0.15, 0.2) is 35.6 Å². The highest BCUT2D eigenvalue weighted by Gasteiger charge is 2.30. The molecule has 2 rings (SSSR count). The number of amides is 2. The first-order valence-electron chi connectivity index (χ1n) is 12.4. The normalized spacial score (nSPS) is 15.4. The number of methoxy groups -OCH3 is 1. The smallest absolute Gasteiger partial charge is 0.261 e. The van der Waals surface area contributed by atoms with Crippen molar-refractivity contribution in [2.24, 2.45) is 11.1 Å². The molecule has 2 amide bonds. The van der Waals surface area contributed by atoms with Crippen LogP contribution in [0.25, 0.3) is 10.9 Å². The molecule has 200 valence electrons. The van der Waals surface area contributed by atoms with Crippen molar-refractivity contribution >= 4 is 28.4 Å². The van der Waals surface area contributed by atoms with Gasteiger partial charge in [0.1, 0.15) is 24.0 Å². The van der Waals surface area contributed by atoms with Crippen molar-refractivity contribution in [3.8, 4) is 0 Å². The zero-order valence-corrected chi connectivity index (χ0v) is 22.0. The zero-order valence-electron chi connectivity index (χ0n) is 22.0. The van der Waals surface area contributed by atoms with E-state index in [1.807, 2.05) is 58.2 Å². The van der Waals surface area contributed by atoms with E-state index in [0.717, 1.165) is 16.5 Å². The minimum atomic E-state index is -1.32. The third kappa shape index (κ3) is 7.52. The molecule has 0 radical (unpaired) electrons. The van der Waals surface area contributed by atoms with Crippen molar-refractivity contribution in [1.29, 1.82) is 0 Å². The lowest BCUT2D eigenvalue weighted by molar-refractivity contribution is -0.137. The Kier molecular flexibility index (Phi) is 11.4. The molecule has 0 aliphatic carbocycles. The van der Waals surface area contributed by atoms with E-state index in [-0.39, 0.29) is 17.5 Å². The molecule has 1 heterocycles. The van der Waals surface area contributed by atoms with Gasteiger partial charge in [0.05, 0.1) is 6.10 Å². The summed E-state index contributed by atoms with van der Waals surface area (Å²) in [4.78, 5) is 36.1. The van der Waals surface area contributed by atoms with E-state index in [0.29, 0.717) is 19.5 Å². The van der Waals surface area contributed by atoms with Crippen LogP contribution < -0.4 is 5.32 Å². The van der Waals surface area contributed by atoms with Gasteiger partial charge in [0, 0.05) is 43.7 Å². The van der Waals surface area contributed by atoms with Gasteiger partial charge in [-0.15, -0.1) is 0 Å². The van der Waals surface area contributed by atoms with Crippen molar-refractivity contribution < 1.29 is 29.4 Å². The first-order chi connectivity index (χ1) is 17.1. The molecule has 0 spiro atoms. The van der Waals surface area contributed by atoms with Crippen LogP contribution in [0.2, 0.25) is 0 Å². The van der Waals surface area contributed by atoms with Gasteiger partial charge in [0.2, 0.25) is 5.91 Å². The van der Waals surface area contributed by atoms with Gasteiger partial charge in [-0.05, 0) is 38.3 Å². The Bertz CT molecular complexity index is 1010. The van der Waals surface area contributed by atoms with Crippen LogP contribution in [0.4, 0.5) is 0 Å². The molecular formula is C26H40N4O6. The first-order valence-corrected chi connectivity index (χ1v) is 12.4. The van der Waals surface area contributed by atoms with E-state index >= 15 is 0 Å². The fourth-order valence-electron chi connectivity index (χ4n) is 4.13. The van der Waals surface area contributed by atoms with Gasteiger partial charge >= 0.3 is 0 Å². The molecule has 1 aromatic heterocycles. The quantitative estimate of drug-likeness (QED) is 0.229. The highest BCUT2D eigenvalue weighted by molar-refractivity contribution is 5.93. The predicted octanol–water partition coefficient (Wildman–Crippen LogP) is 1.85. The number of nitrogens with one attached hydrogen (secondary N) is 2. The molecule has 10 heteroatoms. The van der Waals surface area contributed by atoms with Gasteiger partial charge in [0.25, 0.3) is 5.91 Å². The number of para-hydroxylation sites is 1. The third-order valence-corrected chi connectivity index (χ3v) is 6.08. The topological polar surface area (TPSA) is 136 Å². The van der Waals surface area contributed by atoms with Crippen molar-refractivity contribution in [3.05, 3.63) is 36.0 Å². The summed E-state index contributed by atoms with van der Waals surface area (Å²) < 4.78 is 5.41. The second-order valence-corrected chi connectivity index (χ2v) is 9.07. The van der Waals surface area contributed by atoms with Crippen LogP contribution in [0.1, 0.15) is 40.2 Å². The summed E-state index contributed by atoms with van der Waals surface area (Å²) in [6.07, 6.45) is -0.888. The SMILES string of the molecule is CCN(CC)C(=O)C(Cc1c[nH]c2ccccc12)NC(=O)CO/N=C(\C(O)C(C)O)[C@@H](OC)C(C)C. The molecular weight excluding hydrogens is 464 g/mol. The number of nitrogens with zero attached hydrogens (tertiary/aromatic N) is 2. The number of likely N-dealkylation sites (N-methyl/N-ethyl adjacent to an activating group) is 1. The van der Waals surface area contributed by atoms with Crippen molar-refractivity contribution in [2.45, 2.75) is 65.4 Å². The molecule has 4 atom stereocenters. The molecule has 4 N–H and O–H groups in total. The lowest BCUT2D eigenvalue weighted by Crippen LogP contribution is -2.50. The van der Waals surface area contributed by atoms with Gasteiger partial charge in [-0.1, -0.05) is 37.2 Å². The van der Waals surface area contributed by atoms with Gasteiger partial charge in [-0.3, -0.25) is 9.59 Å². The summed E-state index contributed by atoms with van der Waals surface area (Å²) in [7, 11) is 1.47. The number of aliphatic hydroxyl groups is 2. The van der Waals surface area contributed by atoms with Crippen LogP contribution in [0.5, 0.6) is 0 Å². The molecule has 1 aromatic carbocycles. The number of aromatic nitrogens is 1. The van der Waals surface area contributed by atoms with E-state index < -0.39 is 36.9 Å². The summed E-state index contributed by atoms with van der Waals surface area (Å²) >= 11 is 0. The number of oxime groups is 1. The minimum Gasteiger partial charge on any atom is -0.390 e. The average molecular weight is 505 g/mol. The number of ether oxygens (including phenoxy) is 1. The van der Waals surface area contributed by atoms with E-state index in [1.54, 1.807) is 4.90 Å². The zero-order chi connectivity index (χ0) is 26.8. The number of carbonyl (C=O) groups is 2. The lowest BCUT2D eigenvalue weighted by atomic mass is 9.96. The molecule has 0 bridgehead atoms. The summed E-state index contributed by atoms with van der Waals surface area (Å²) in [6.45, 7) is 9.52. The van der Waals surface area contributed by atoms with Crippen LogP contribution >= 0.6 is 0 Å². The van der Waals surface area contributed by atoms with Crippen molar-refractivity contribution in [2.75, 3.05) is 26.8 Å². The Morgan fingerprint density at radius 3 is 2.39 bits per heavy atom. The average Bonchev–Trinajstić information content (AvgIpc) is 3.25. The molecule has 10 nitrogen and oxygen atoms in total. The largest absolute Gasteiger partial charge is 0.390 e. The number of H-pyrrole nitrogens is 1. The minimum absolute atomic E-state index is 0.0631. The maximum Gasteiger partial charge on any atom is 0.261 e. The van der Waals surface area contributed by atoms with E-state index in [4.69, 9.17) is 9.57 Å². The van der Waals surface area contributed by atoms with Gasteiger partial charge < -0.3 is 35.0 Å². The number of benzene rings is 1. The molecule has 0 aliphatic rings. The predicted molar refractivity (Wildman–Crippen MR) is 139 cm³/mol. The number of hydrogen-bond acceptors (Lipinski definition) is 7. The van der Waals surface area contributed by atoms with Gasteiger partial charge in [0.15, 0.2) is 6.61 Å². The standard InChI is InChI=1S/C26H40N4O6/c1-7-30(8-2)26(34)21(13-18-14-27-20-12-10-9-11-19(18)20)28-22(32)15-36-29-23(24(33)17(5)31)25(35-6)16(3)4/h9-12,14,16-17,21,24-25,27,31,33H,7-8,13,15H2,1-6H3,(H,28,32)/b29-23+/t17?,21?,24?,25-/m0/s1. The Balaban J connectivity index is 2.19. The number of fused-ring (bicyclic) bond motifs is 1. The molecule has 0 saturated carbocycles. The fraction of sp³-hybridized carbons (Fsp3) is 0.577. The van der Waals surface area contributed by atoms with Crippen molar-refractivity contribution in [1.82, 2.24) is 15.2 Å². The molecule has 36 heavy (non-hydrogen) atoms. The van der Waals surface area contributed by atoms with Gasteiger partial charge in [-0.25, -0.2) is 0 Å². The van der Waals surface area contributed by atoms with Crippen LogP contribution in [0, 0.1) is 5.92 Å². The van der Waals surface area contributed by atoms with Gasteiger partial charge in [-0.2, -0.15) is 0 Å². The Hall–Kier alpha value is -2.95. The number of carbonyl (C=O) groups excluding carboxylic acids is 2. The molecule has 3 unspecified atom stereocenters. The summed E-state index contributed by atoms with van der Waals surface area (Å²) in [5.41, 5.74) is 1.95.